The van der Waals surface area contributed by atoms with Crippen molar-refractivity contribution in [3.05, 3.63) is 59.7 Å². The van der Waals surface area contributed by atoms with Crippen molar-refractivity contribution >= 4 is 22.1 Å². The van der Waals surface area contributed by atoms with Gasteiger partial charge in [-0.15, -0.1) is 0 Å². The first kappa shape index (κ1) is 13.4. The second-order valence-corrected chi connectivity index (χ2v) is 5.18. The molecule has 0 saturated heterocycles. The first-order chi connectivity index (χ1) is 11.2. The molecule has 0 aliphatic heterocycles. The monoisotopic (exact) mass is 303 g/mol. The van der Waals surface area contributed by atoms with Gasteiger partial charge in [-0.2, -0.15) is 5.26 Å². The van der Waals surface area contributed by atoms with E-state index in [0.717, 1.165) is 0 Å². The fraction of sp³-hybridized carbons (Fsp3) is 0.0556. The number of rotatable bonds is 1. The molecule has 3 heterocycles. The number of nitrogens with zero attached hydrogens (tertiary/aromatic N) is 3. The topological polar surface area (TPSA) is 62.7 Å². The molecule has 5 heteroatoms. The first-order valence-electron chi connectivity index (χ1n) is 7.03. The SMILES string of the molecule is Cc1c(-c2ccccn2)c(F)c2c(oc3ncccc32)c1C#N. The lowest BCUT2D eigenvalue weighted by Crippen LogP contribution is -1.96. The average Bonchev–Trinajstić information content (AvgIpc) is 2.95. The van der Waals surface area contributed by atoms with E-state index in [0.29, 0.717) is 33.5 Å². The molecule has 1 aromatic carbocycles. The Hall–Kier alpha value is -3.26. The van der Waals surface area contributed by atoms with Gasteiger partial charge in [0.2, 0.25) is 5.71 Å². The third-order valence-corrected chi connectivity index (χ3v) is 3.92. The second kappa shape index (κ2) is 4.89. The van der Waals surface area contributed by atoms with E-state index in [2.05, 4.69) is 16.0 Å². The number of halogens is 1. The van der Waals surface area contributed by atoms with Crippen LogP contribution in [0, 0.1) is 24.1 Å². The third-order valence-electron chi connectivity index (χ3n) is 3.92. The Morgan fingerprint density at radius 2 is 1.96 bits per heavy atom. The van der Waals surface area contributed by atoms with Crippen LogP contribution in [0.3, 0.4) is 0 Å². The highest BCUT2D eigenvalue weighted by Crippen LogP contribution is 2.39. The predicted octanol–water partition coefficient (Wildman–Crippen LogP) is 4.36. The molecule has 0 amide bonds. The van der Waals surface area contributed by atoms with Gasteiger partial charge in [-0.1, -0.05) is 6.07 Å². The molecule has 0 aliphatic carbocycles. The molecule has 0 N–H and O–H groups in total. The van der Waals surface area contributed by atoms with Crippen molar-refractivity contribution < 1.29 is 8.81 Å². The van der Waals surface area contributed by atoms with Gasteiger partial charge in [0.05, 0.1) is 22.0 Å². The molecular weight excluding hydrogens is 293 g/mol. The summed E-state index contributed by atoms with van der Waals surface area (Å²) in [5.74, 6) is -0.443. The molecule has 0 fully saturated rings. The van der Waals surface area contributed by atoms with Crippen molar-refractivity contribution in [2.75, 3.05) is 0 Å². The highest BCUT2D eigenvalue weighted by molar-refractivity contribution is 6.08. The van der Waals surface area contributed by atoms with Crippen LogP contribution in [-0.4, -0.2) is 9.97 Å². The van der Waals surface area contributed by atoms with Gasteiger partial charge in [0, 0.05) is 18.0 Å². The van der Waals surface area contributed by atoms with E-state index in [1.807, 2.05) is 0 Å². The van der Waals surface area contributed by atoms with Crippen LogP contribution in [0.4, 0.5) is 4.39 Å². The van der Waals surface area contributed by atoms with Gasteiger partial charge in [-0.25, -0.2) is 9.37 Å². The minimum atomic E-state index is -0.443. The van der Waals surface area contributed by atoms with E-state index >= 15 is 4.39 Å². The minimum Gasteiger partial charge on any atom is -0.436 e. The van der Waals surface area contributed by atoms with Crippen LogP contribution in [0.25, 0.3) is 33.3 Å². The Balaban J connectivity index is 2.25. The number of fused-ring (bicyclic) bond motifs is 3. The van der Waals surface area contributed by atoms with Crippen molar-refractivity contribution in [2.45, 2.75) is 6.92 Å². The summed E-state index contributed by atoms with van der Waals surface area (Å²) in [6, 6.07) is 10.8. The predicted molar refractivity (Wildman–Crippen MR) is 84.2 cm³/mol. The van der Waals surface area contributed by atoms with Crippen LogP contribution >= 0.6 is 0 Å². The smallest absolute Gasteiger partial charge is 0.227 e. The molecule has 0 spiro atoms. The van der Waals surface area contributed by atoms with Gasteiger partial charge < -0.3 is 4.42 Å². The summed E-state index contributed by atoms with van der Waals surface area (Å²) >= 11 is 0. The molecule has 23 heavy (non-hydrogen) atoms. The van der Waals surface area contributed by atoms with Gasteiger partial charge in [-0.3, -0.25) is 4.98 Å². The molecule has 110 valence electrons. The molecule has 0 radical (unpaired) electrons. The molecule has 4 nitrogen and oxygen atoms in total. The number of hydrogen-bond acceptors (Lipinski definition) is 4. The molecule has 0 bridgehead atoms. The Morgan fingerprint density at radius 1 is 1.13 bits per heavy atom. The summed E-state index contributed by atoms with van der Waals surface area (Å²) in [5.41, 5.74) is 2.17. The number of hydrogen-bond donors (Lipinski definition) is 0. The lowest BCUT2D eigenvalue weighted by atomic mass is 9.96. The zero-order valence-electron chi connectivity index (χ0n) is 12.2. The molecule has 3 aromatic heterocycles. The Kier molecular flexibility index (Phi) is 2.85. The Bertz CT molecular complexity index is 1090. The van der Waals surface area contributed by atoms with E-state index in [1.165, 1.54) is 0 Å². The van der Waals surface area contributed by atoms with Crippen molar-refractivity contribution in [2.24, 2.45) is 0 Å². The van der Waals surface area contributed by atoms with E-state index in [9.17, 15) is 5.26 Å². The van der Waals surface area contributed by atoms with Crippen LogP contribution in [0.2, 0.25) is 0 Å². The van der Waals surface area contributed by atoms with Crippen molar-refractivity contribution in [1.29, 1.82) is 5.26 Å². The highest BCUT2D eigenvalue weighted by atomic mass is 19.1. The average molecular weight is 303 g/mol. The maximum atomic E-state index is 15.3. The lowest BCUT2D eigenvalue weighted by molar-refractivity contribution is 0.631. The highest BCUT2D eigenvalue weighted by Gasteiger charge is 2.24. The van der Waals surface area contributed by atoms with Crippen molar-refractivity contribution in [1.82, 2.24) is 9.97 Å². The van der Waals surface area contributed by atoms with E-state index in [4.69, 9.17) is 4.42 Å². The Morgan fingerprint density at radius 3 is 2.70 bits per heavy atom. The normalized spacial score (nSPS) is 11.0. The zero-order valence-corrected chi connectivity index (χ0v) is 12.2. The standard InChI is InChI=1S/C18H10FN3O/c1-10-12(9-20)17-15(11-5-4-8-22-18(11)23-17)16(19)14(10)13-6-2-3-7-21-13/h2-8H,1H3. The van der Waals surface area contributed by atoms with E-state index < -0.39 is 5.82 Å². The molecule has 0 unspecified atom stereocenters. The molecule has 4 aromatic rings. The zero-order chi connectivity index (χ0) is 16.0. The van der Waals surface area contributed by atoms with E-state index in [-0.39, 0.29) is 11.0 Å². The first-order valence-corrected chi connectivity index (χ1v) is 7.03. The molecule has 0 saturated carbocycles. The molecule has 0 aliphatic rings. The third kappa shape index (κ3) is 1.82. The summed E-state index contributed by atoms with van der Waals surface area (Å²) < 4.78 is 20.9. The summed E-state index contributed by atoms with van der Waals surface area (Å²) in [4.78, 5) is 8.33. The number of nitriles is 1. The van der Waals surface area contributed by atoms with Crippen LogP contribution in [0.15, 0.2) is 47.1 Å². The fourth-order valence-electron chi connectivity index (χ4n) is 2.86. The van der Waals surface area contributed by atoms with Gasteiger partial charge in [0.25, 0.3) is 0 Å². The minimum absolute atomic E-state index is 0.232. The van der Waals surface area contributed by atoms with Crippen molar-refractivity contribution in [3.63, 3.8) is 0 Å². The maximum absolute atomic E-state index is 15.3. The number of pyridine rings is 2. The van der Waals surface area contributed by atoms with Crippen molar-refractivity contribution in [3.8, 4) is 17.3 Å². The molecule has 4 rings (SSSR count). The van der Waals surface area contributed by atoms with Crippen LogP contribution in [0.1, 0.15) is 11.1 Å². The fourth-order valence-corrected chi connectivity index (χ4v) is 2.86. The van der Waals surface area contributed by atoms with Gasteiger partial charge >= 0.3 is 0 Å². The molecule has 0 atom stereocenters. The quantitative estimate of drug-likeness (QED) is 0.524. The largest absolute Gasteiger partial charge is 0.436 e. The summed E-state index contributed by atoms with van der Waals surface area (Å²) in [6.45, 7) is 1.70. The second-order valence-electron chi connectivity index (χ2n) is 5.18. The number of furan rings is 1. The van der Waals surface area contributed by atoms with Crippen LogP contribution in [0.5, 0.6) is 0 Å². The van der Waals surface area contributed by atoms with Gasteiger partial charge in [0.1, 0.15) is 11.9 Å². The number of aromatic nitrogens is 2. The lowest BCUT2D eigenvalue weighted by Gasteiger charge is -2.09. The maximum Gasteiger partial charge on any atom is 0.227 e. The van der Waals surface area contributed by atoms with Crippen LogP contribution < -0.4 is 0 Å². The molecular formula is C18H10FN3O. The summed E-state index contributed by atoms with van der Waals surface area (Å²) in [5, 5.41) is 10.4. The van der Waals surface area contributed by atoms with Gasteiger partial charge in [-0.05, 0) is 36.8 Å². The number of benzene rings is 1. The van der Waals surface area contributed by atoms with E-state index in [1.54, 1.807) is 49.6 Å². The summed E-state index contributed by atoms with van der Waals surface area (Å²) in [7, 11) is 0. The Labute approximate surface area is 130 Å². The van der Waals surface area contributed by atoms with Gasteiger partial charge in [0.15, 0.2) is 5.58 Å². The van der Waals surface area contributed by atoms with Crippen LogP contribution in [-0.2, 0) is 0 Å². The summed E-state index contributed by atoms with van der Waals surface area (Å²) in [6.07, 6.45) is 3.17.